The molecule has 1 heterocycles. The van der Waals surface area contributed by atoms with Gasteiger partial charge in [-0.3, -0.25) is 0 Å². The zero-order valence-corrected chi connectivity index (χ0v) is 13.6. The average Bonchev–Trinajstić information content (AvgIpc) is 2.51. The Morgan fingerprint density at radius 2 is 1.59 bits per heavy atom. The SMILES string of the molecule is [B]C([B])([B])Oc1ccc(C)c(F)c1B1OC(C)(C)C(C)(C)O1. The third-order valence-electron chi connectivity index (χ3n) is 4.11. The molecule has 6 radical (unpaired) electrons. The molecule has 2 rings (SSSR count). The molecule has 0 N–H and O–H groups in total. The predicted octanol–water partition coefficient (Wildman–Crippen LogP) is 0.929. The van der Waals surface area contributed by atoms with Crippen LogP contribution in [0.2, 0.25) is 0 Å². The van der Waals surface area contributed by atoms with Crippen molar-refractivity contribution in [1.29, 1.82) is 0 Å². The summed E-state index contributed by atoms with van der Waals surface area (Å²) in [6, 6.07) is 3.09. The molecule has 1 aromatic carbocycles. The van der Waals surface area contributed by atoms with Gasteiger partial charge < -0.3 is 14.0 Å². The van der Waals surface area contributed by atoms with E-state index in [2.05, 4.69) is 0 Å². The van der Waals surface area contributed by atoms with E-state index in [0.29, 0.717) is 5.56 Å². The maximum atomic E-state index is 14.6. The Hall–Kier alpha value is -0.870. The quantitative estimate of drug-likeness (QED) is 0.777. The first-order chi connectivity index (χ1) is 9.84. The van der Waals surface area contributed by atoms with E-state index in [0.717, 1.165) is 0 Å². The Morgan fingerprint density at radius 1 is 1.09 bits per heavy atom. The standard InChI is InChI=1S/C14H17B4FO3/c1-8-6-7-9(20-14(15,16)17)10(11(8)19)18-21-12(2,3)13(4,5)22-18/h6-7H,1-5H3. The van der Waals surface area contributed by atoms with Crippen molar-refractivity contribution in [2.24, 2.45) is 0 Å². The molecule has 1 aromatic rings. The van der Waals surface area contributed by atoms with Gasteiger partial charge in [0, 0.05) is 0 Å². The van der Waals surface area contributed by atoms with Gasteiger partial charge >= 0.3 is 7.12 Å². The molecule has 0 amide bonds. The van der Waals surface area contributed by atoms with E-state index in [1.807, 2.05) is 27.7 Å². The molecule has 110 valence electrons. The van der Waals surface area contributed by atoms with Gasteiger partial charge in [0.2, 0.25) is 0 Å². The minimum absolute atomic E-state index is 0.0918. The predicted molar refractivity (Wildman–Crippen MR) is 87.5 cm³/mol. The lowest BCUT2D eigenvalue weighted by Crippen LogP contribution is -2.43. The normalized spacial score (nSPS) is 20.2. The fourth-order valence-corrected chi connectivity index (χ4v) is 2.14. The molecule has 0 saturated carbocycles. The third kappa shape index (κ3) is 3.23. The van der Waals surface area contributed by atoms with Gasteiger partial charge in [0.25, 0.3) is 0 Å². The maximum Gasteiger partial charge on any atom is 0.501 e. The number of halogens is 1. The second-order valence-electron chi connectivity index (χ2n) is 6.65. The first kappa shape index (κ1) is 17.5. The second kappa shape index (κ2) is 5.34. The molecular formula is C14H17B4FO3. The number of rotatable bonds is 3. The number of aryl methyl sites for hydroxylation is 1. The number of hydrogen-bond donors (Lipinski definition) is 0. The Labute approximate surface area is 135 Å². The van der Waals surface area contributed by atoms with Gasteiger partial charge in [-0.1, -0.05) is 6.07 Å². The van der Waals surface area contributed by atoms with Gasteiger partial charge in [0.1, 0.15) is 35.1 Å². The van der Waals surface area contributed by atoms with Crippen LogP contribution in [-0.4, -0.2) is 47.2 Å². The minimum atomic E-state index is -1.93. The van der Waals surface area contributed by atoms with Crippen molar-refractivity contribution in [3.63, 3.8) is 0 Å². The molecule has 1 aliphatic heterocycles. The van der Waals surface area contributed by atoms with E-state index in [1.54, 1.807) is 19.1 Å². The van der Waals surface area contributed by atoms with Crippen LogP contribution in [0.1, 0.15) is 33.3 Å². The Bertz CT molecular complexity index is 568. The molecular weight excluding hydrogens is 278 g/mol. The molecule has 0 aromatic heterocycles. The molecule has 0 spiro atoms. The second-order valence-corrected chi connectivity index (χ2v) is 6.65. The minimum Gasteiger partial charge on any atom is -0.516 e. The third-order valence-corrected chi connectivity index (χ3v) is 4.11. The summed E-state index contributed by atoms with van der Waals surface area (Å²) in [5.74, 6) is -0.408. The van der Waals surface area contributed by atoms with E-state index in [9.17, 15) is 4.39 Å². The van der Waals surface area contributed by atoms with E-state index >= 15 is 0 Å². The summed E-state index contributed by atoms with van der Waals surface area (Å²) in [4.78, 5) is 0. The van der Waals surface area contributed by atoms with Crippen LogP contribution in [0.5, 0.6) is 5.75 Å². The molecule has 1 saturated heterocycles. The van der Waals surface area contributed by atoms with Crippen molar-refractivity contribution in [1.82, 2.24) is 0 Å². The molecule has 3 nitrogen and oxygen atoms in total. The van der Waals surface area contributed by atoms with Gasteiger partial charge in [-0.15, -0.1) is 0 Å². The van der Waals surface area contributed by atoms with Gasteiger partial charge in [0.15, 0.2) is 0 Å². The lowest BCUT2D eigenvalue weighted by molar-refractivity contribution is 0.00578. The van der Waals surface area contributed by atoms with Crippen LogP contribution < -0.4 is 10.2 Å². The van der Waals surface area contributed by atoms with Crippen LogP contribution in [-0.2, 0) is 9.31 Å². The lowest BCUT2D eigenvalue weighted by Gasteiger charge is -2.32. The molecule has 1 aliphatic rings. The maximum absolute atomic E-state index is 14.6. The van der Waals surface area contributed by atoms with Crippen molar-refractivity contribution in [3.8, 4) is 5.75 Å². The summed E-state index contributed by atoms with van der Waals surface area (Å²) in [6.45, 7) is 9.13. The fraction of sp³-hybridized carbons (Fsp3) is 0.571. The van der Waals surface area contributed by atoms with Crippen LogP contribution in [0.3, 0.4) is 0 Å². The van der Waals surface area contributed by atoms with E-state index in [1.165, 1.54) is 0 Å². The summed E-state index contributed by atoms with van der Waals surface area (Å²) in [6.07, 6.45) is 0. The molecule has 0 unspecified atom stereocenters. The van der Waals surface area contributed by atoms with Crippen molar-refractivity contribution in [2.75, 3.05) is 0 Å². The molecule has 8 heteroatoms. The van der Waals surface area contributed by atoms with Gasteiger partial charge in [-0.25, -0.2) is 4.39 Å². The summed E-state index contributed by atoms with van der Waals surface area (Å²) in [5.41, 5.74) is -0.703. The van der Waals surface area contributed by atoms with Crippen molar-refractivity contribution in [2.45, 2.75) is 51.1 Å². The number of ether oxygens (including phenoxy) is 1. The lowest BCUT2D eigenvalue weighted by atomic mass is 9.52. The zero-order chi connectivity index (χ0) is 16.9. The molecule has 0 aliphatic carbocycles. The highest BCUT2D eigenvalue weighted by Gasteiger charge is 2.53. The van der Waals surface area contributed by atoms with Crippen LogP contribution in [0.15, 0.2) is 12.1 Å². The van der Waals surface area contributed by atoms with Gasteiger partial charge in [-0.2, -0.15) is 0 Å². The van der Waals surface area contributed by atoms with Crippen molar-refractivity contribution < 1.29 is 18.4 Å². The molecule has 22 heavy (non-hydrogen) atoms. The van der Waals surface area contributed by atoms with Crippen molar-refractivity contribution >= 4 is 36.1 Å². The van der Waals surface area contributed by atoms with Crippen LogP contribution in [0, 0.1) is 12.7 Å². The Balaban J connectivity index is 2.48. The van der Waals surface area contributed by atoms with E-state index < -0.39 is 29.4 Å². The number of hydrogen-bond acceptors (Lipinski definition) is 3. The zero-order valence-electron chi connectivity index (χ0n) is 13.6. The molecule has 0 atom stereocenters. The summed E-state index contributed by atoms with van der Waals surface area (Å²) < 4.78 is 31.6. The molecule has 1 fully saturated rings. The highest BCUT2D eigenvalue weighted by atomic mass is 19.1. The highest BCUT2D eigenvalue weighted by Crippen LogP contribution is 2.37. The van der Waals surface area contributed by atoms with Crippen molar-refractivity contribution in [3.05, 3.63) is 23.5 Å². The Morgan fingerprint density at radius 3 is 2.05 bits per heavy atom. The Kier molecular flexibility index (Phi) is 4.25. The van der Waals surface area contributed by atoms with Crippen LogP contribution in [0.4, 0.5) is 4.39 Å². The largest absolute Gasteiger partial charge is 0.516 e. The highest BCUT2D eigenvalue weighted by molar-refractivity contribution is 6.63. The number of benzene rings is 1. The van der Waals surface area contributed by atoms with E-state index in [-0.39, 0.29) is 11.2 Å². The first-order valence-corrected chi connectivity index (χ1v) is 7.04. The van der Waals surface area contributed by atoms with Gasteiger partial charge in [-0.05, 0) is 51.5 Å². The fourth-order valence-electron chi connectivity index (χ4n) is 2.14. The molecule has 0 bridgehead atoms. The first-order valence-electron chi connectivity index (χ1n) is 7.04. The summed E-state index contributed by atoms with van der Waals surface area (Å²) in [7, 11) is 15.4. The smallest absolute Gasteiger partial charge is 0.501 e. The monoisotopic (exact) mass is 296 g/mol. The average molecular weight is 296 g/mol. The van der Waals surface area contributed by atoms with Crippen LogP contribution >= 0.6 is 0 Å². The summed E-state index contributed by atoms with van der Waals surface area (Å²) >= 11 is 0. The summed E-state index contributed by atoms with van der Waals surface area (Å²) in [5, 5.41) is -1.93. The van der Waals surface area contributed by atoms with Crippen LogP contribution in [0.25, 0.3) is 0 Å². The topological polar surface area (TPSA) is 27.7 Å². The van der Waals surface area contributed by atoms with Gasteiger partial charge in [0.05, 0.1) is 16.7 Å². The van der Waals surface area contributed by atoms with E-state index in [4.69, 9.17) is 37.6 Å².